The zero-order chi connectivity index (χ0) is 29.1. The summed E-state index contributed by atoms with van der Waals surface area (Å²) in [5.74, 6) is 0.604. The van der Waals surface area contributed by atoms with E-state index >= 15 is 0 Å². The van der Waals surface area contributed by atoms with E-state index in [0.717, 1.165) is 66.8 Å². The van der Waals surface area contributed by atoms with Crippen LogP contribution in [0.5, 0.6) is 0 Å². The quantitative estimate of drug-likeness (QED) is 0.239. The number of aromatic nitrogens is 3. The van der Waals surface area contributed by atoms with Gasteiger partial charge in [0.2, 0.25) is 16.0 Å². The smallest absolute Gasteiger partial charge is 0.245 e. The molecule has 0 spiro atoms. The lowest BCUT2D eigenvalue weighted by atomic mass is 9.94. The van der Waals surface area contributed by atoms with Gasteiger partial charge in [-0.05, 0) is 85.5 Å². The fourth-order valence-corrected chi connectivity index (χ4v) is 7.12. The van der Waals surface area contributed by atoms with Gasteiger partial charge in [0.15, 0.2) is 5.82 Å². The molecule has 2 aromatic carbocycles. The van der Waals surface area contributed by atoms with Gasteiger partial charge in [-0.25, -0.2) is 17.8 Å². The Balaban J connectivity index is 1.12. The van der Waals surface area contributed by atoms with Gasteiger partial charge in [0, 0.05) is 37.2 Å². The number of nitrogens with zero attached hydrogens (tertiary/aromatic N) is 4. The van der Waals surface area contributed by atoms with Crippen LogP contribution in [-0.2, 0) is 22.9 Å². The topological polar surface area (TPSA) is 112 Å². The van der Waals surface area contributed by atoms with Gasteiger partial charge in [0.1, 0.15) is 15.7 Å². The number of nitrogens with one attached hydrogen (secondary N) is 3. The molecule has 0 aliphatic carbocycles. The molecule has 4 heterocycles. The maximum absolute atomic E-state index is 14.2. The summed E-state index contributed by atoms with van der Waals surface area (Å²) in [7, 11) is -3.83. The molecule has 1 saturated heterocycles. The lowest BCUT2D eigenvalue weighted by molar-refractivity contribution is 0.266. The second-order valence-corrected chi connectivity index (χ2v) is 12.9. The van der Waals surface area contributed by atoms with Crippen molar-refractivity contribution < 1.29 is 12.8 Å². The maximum atomic E-state index is 14.2. The summed E-state index contributed by atoms with van der Waals surface area (Å²) in [6.45, 7) is 1.54. The summed E-state index contributed by atoms with van der Waals surface area (Å²) in [6, 6.07) is 13.8. The van der Waals surface area contributed by atoms with Gasteiger partial charge in [-0.15, -0.1) is 0 Å². The van der Waals surface area contributed by atoms with Crippen LogP contribution in [0.1, 0.15) is 30.4 Å². The highest BCUT2D eigenvalue weighted by atomic mass is 35.5. The number of hydrogen-bond donors (Lipinski definition) is 3. The van der Waals surface area contributed by atoms with E-state index in [-0.39, 0.29) is 4.90 Å². The summed E-state index contributed by atoms with van der Waals surface area (Å²) in [5, 5.41) is 10.5. The highest BCUT2D eigenvalue weighted by Crippen LogP contribution is 2.30. The summed E-state index contributed by atoms with van der Waals surface area (Å²) in [6.07, 6.45) is 9.15. The van der Waals surface area contributed by atoms with Crippen molar-refractivity contribution in [3.63, 3.8) is 0 Å². The van der Waals surface area contributed by atoms with Gasteiger partial charge >= 0.3 is 0 Å². The monoisotopic (exact) mass is 607 g/mol. The molecule has 4 aromatic rings. The maximum Gasteiger partial charge on any atom is 0.245 e. The number of piperidine rings is 1. The minimum absolute atomic E-state index is 0.251. The first-order chi connectivity index (χ1) is 20.3. The first-order valence-corrected chi connectivity index (χ1v) is 15.8. The Morgan fingerprint density at radius 1 is 1.00 bits per heavy atom. The fourth-order valence-electron chi connectivity index (χ4n) is 5.45. The molecule has 3 N–H and O–H groups in total. The third-order valence-electron chi connectivity index (χ3n) is 7.74. The molecule has 0 radical (unpaired) electrons. The number of pyridine rings is 1. The molecule has 0 atom stereocenters. The summed E-state index contributed by atoms with van der Waals surface area (Å²) < 4.78 is 41.5. The lowest BCUT2D eigenvalue weighted by Crippen LogP contribution is -2.39. The zero-order valence-corrected chi connectivity index (χ0v) is 24.4. The van der Waals surface area contributed by atoms with Gasteiger partial charge in [-0.3, -0.25) is 4.98 Å². The number of aryl methyl sites for hydroxylation is 2. The lowest BCUT2D eigenvalue weighted by Gasteiger charge is -2.31. The molecule has 1 fully saturated rings. The van der Waals surface area contributed by atoms with E-state index in [9.17, 15) is 12.8 Å². The molecule has 0 unspecified atom stereocenters. The fraction of sp³-hybridized carbons (Fsp3) is 0.300. The Morgan fingerprint density at radius 2 is 1.83 bits per heavy atom. The summed E-state index contributed by atoms with van der Waals surface area (Å²) >= 11 is 6.39. The predicted molar refractivity (Wildman–Crippen MR) is 163 cm³/mol. The van der Waals surface area contributed by atoms with Crippen LogP contribution in [0.15, 0.2) is 72.0 Å². The first kappa shape index (κ1) is 28.3. The molecule has 2 aliphatic rings. The van der Waals surface area contributed by atoms with E-state index in [1.807, 2.05) is 18.3 Å². The van der Waals surface area contributed by atoms with E-state index < -0.39 is 15.8 Å². The summed E-state index contributed by atoms with van der Waals surface area (Å²) in [5.41, 5.74) is 4.96. The van der Waals surface area contributed by atoms with Crippen LogP contribution in [0, 0.1) is 11.7 Å². The Hall–Kier alpha value is -3.80. The van der Waals surface area contributed by atoms with Crippen molar-refractivity contribution in [2.24, 2.45) is 5.92 Å². The third kappa shape index (κ3) is 6.33. The molecule has 12 heteroatoms. The van der Waals surface area contributed by atoms with Crippen molar-refractivity contribution in [3.05, 3.63) is 89.1 Å². The van der Waals surface area contributed by atoms with Crippen molar-refractivity contribution in [1.82, 2.24) is 19.3 Å². The van der Waals surface area contributed by atoms with E-state index in [0.29, 0.717) is 35.8 Å². The van der Waals surface area contributed by atoms with Gasteiger partial charge < -0.3 is 16.0 Å². The molecule has 42 heavy (non-hydrogen) atoms. The van der Waals surface area contributed by atoms with Crippen molar-refractivity contribution in [2.75, 3.05) is 35.6 Å². The highest BCUT2D eigenvalue weighted by Gasteiger charge is 2.31. The van der Waals surface area contributed by atoms with Crippen molar-refractivity contribution in [2.45, 2.75) is 37.0 Å². The minimum Gasteiger partial charge on any atom is -0.385 e. The molecule has 0 saturated carbocycles. The van der Waals surface area contributed by atoms with Gasteiger partial charge in [-0.1, -0.05) is 23.7 Å². The number of halogens is 2. The second kappa shape index (κ2) is 12.2. The molecule has 2 aromatic heterocycles. The van der Waals surface area contributed by atoms with Crippen LogP contribution in [-0.4, -0.2) is 47.3 Å². The van der Waals surface area contributed by atoms with Crippen LogP contribution in [0.4, 0.5) is 33.2 Å². The second-order valence-electron chi connectivity index (χ2n) is 10.6. The third-order valence-corrected chi connectivity index (χ3v) is 9.95. The molecular weight excluding hydrogens is 577 g/mol. The molecular formula is C30H31ClFN7O2S. The average molecular weight is 608 g/mol. The largest absolute Gasteiger partial charge is 0.385 e. The Morgan fingerprint density at radius 3 is 2.67 bits per heavy atom. The molecule has 6 bridgehead atoms. The van der Waals surface area contributed by atoms with Gasteiger partial charge in [0.05, 0.1) is 18.1 Å². The Bertz CT molecular complexity index is 1700. The molecule has 0 amide bonds. The van der Waals surface area contributed by atoms with Crippen LogP contribution in [0.25, 0.3) is 0 Å². The number of hydrogen-bond acceptors (Lipinski definition) is 8. The summed E-state index contributed by atoms with van der Waals surface area (Å²) in [4.78, 5) is 12.9. The van der Waals surface area contributed by atoms with Crippen LogP contribution in [0.2, 0.25) is 5.02 Å². The van der Waals surface area contributed by atoms with Crippen LogP contribution in [0.3, 0.4) is 0 Å². The van der Waals surface area contributed by atoms with Gasteiger partial charge in [0.25, 0.3) is 0 Å². The Labute approximate surface area is 249 Å². The van der Waals surface area contributed by atoms with Crippen LogP contribution >= 0.6 is 11.6 Å². The molecule has 9 nitrogen and oxygen atoms in total. The predicted octanol–water partition coefficient (Wildman–Crippen LogP) is 6.15. The van der Waals surface area contributed by atoms with Gasteiger partial charge in [-0.2, -0.15) is 9.29 Å². The molecule has 218 valence electrons. The van der Waals surface area contributed by atoms with E-state index in [1.165, 1.54) is 22.5 Å². The number of sulfonamides is 1. The molecule has 2 aliphatic heterocycles. The van der Waals surface area contributed by atoms with Crippen molar-refractivity contribution in [1.29, 1.82) is 0 Å². The van der Waals surface area contributed by atoms with Crippen molar-refractivity contribution >= 4 is 50.5 Å². The van der Waals surface area contributed by atoms with Crippen LogP contribution < -0.4 is 16.0 Å². The number of rotatable bonds is 6. The SMILES string of the molecule is O=S(=O)(c1ccccc1F)N1CCC(CCNc2ccc3cc2CCc2cncc(c2)Nc2ncc(Cl)c(n2)N3)CC1. The first-order valence-electron chi connectivity index (χ1n) is 14.0. The number of anilines is 5. The van der Waals surface area contributed by atoms with E-state index in [2.05, 4.69) is 43.0 Å². The van der Waals surface area contributed by atoms with Crippen molar-refractivity contribution in [3.8, 4) is 0 Å². The standard InChI is InChI=1S/C30H31ClFN7O2S/c31-25-19-35-30-37-24-15-21(17-33-18-24)5-6-22-16-23(36-29(25)38-30)7-8-27(22)34-12-9-20-10-13-39(14-11-20)42(40,41)28-4-2-1-3-26(28)32/h1-4,7-8,15-20,34H,5-6,9-14H2,(H2,35,36,37,38). The van der Waals surface area contributed by atoms with E-state index in [4.69, 9.17) is 11.6 Å². The highest BCUT2D eigenvalue weighted by molar-refractivity contribution is 7.89. The minimum atomic E-state index is -3.83. The normalized spacial score (nSPS) is 15.9. The number of benzene rings is 2. The number of fused-ring (bicyclic) bond motifs is 6. The molecule has 6 rings (SSSR count). The average Bonchev–Trinajstić information content (AvgIpc) is 2.99. The zero-order valence-electron chi connectivity index (χ0n) is 22.9. The van der Waals surface area contributed by atoms with E-state index in [1.54, 1.807) is 18.5 Å². The Kier molecular flexibility index (Phi) is 8.23.